The van der Waals surface area contributed by atoms with E-state index >= 15 is 0 Å². The lowest BCUT2D eigenvalue weighted by Gasteiger charge is -2.24. The molecule has 0 N–H and O–H groups in total. The molecule has 28 heavy (non-hydrogen) atoms. The molecule has 1 atom stereocenters. The van der Waals surface area contributed by atoms with Gasteiger partial charge in [0.2, 0.25) is 0 Å². The maximum atomic E-state index is 12.9. The number of pyridine rings is 1. The molecule has 1 saturated heterocycles. The van der Waals surface area contributed by atoms with Crippen molar-refractivity contribution in [2.45, 2.75) is 25.3 Å². The van der Waals surface area contributed by atoms with E-state index in [-0.39, 0.29) is 11.9 Å². The summed E-state index contributed by atoms with van der Waals surface area (Å²) in [6.45, 7) is 0.707. The van der Waals surface area contributed by atoms with Crippen LogP contribution < -0.4 is 4.74 Å². The first-order chi connectivity index (χ1) is 13.8. The molecule has 3 aromatic rings. The molecular weight excluding hydrogens is 352 g/mol. The van der Waals surface area contributed by atoms with Crippen LogP contribution >= 0.6 is 0 Å². The van der Waals surface area contributed by atoms with E-state index in [1.54, 1.807) is 19.5 Å². The minimum absolute atomic E-state index is 0.0351. The molecule has 0 bridgehead atoms. The van der Waals surface area contributed by atoms with E-state index in [9.17, 15) is 4.79 Å². The van der Waals surface area contributed by atoms with Crippen LogP contribution in [0.25, 0.3) is 0 Å². The predicted octanol–water partition coefficient (Wildman–Crippen LogP) is 3.45. The Labute approximate surface area is 164 Å². The summed E-state index contributed by atoms with van der Waals surface area (Å²) in [6.07, 6.45) is 7.17. The van der Waals surface area contributed by atoms with Crippen molar-refractivity contribution in [3.8, 4) is 5.75 Å². The van der Waals surface area contributed by atoms with Crippen molar-refractivity contribution in [3.05, 3.63) is 83.7 Å². The fourth-order valence-electron chi connectivity index (χ4n) is 3.70. The van der Waals surface area contributed by atoms with Crippen molar-refractivity contribution in [2.75, 3.05) is 13.7 Å². The van der Waals surface area contributed by atoms with Crippen LogP contribution in [0.1, 0.15) is 46.3 Å². The Hall–Kier alpha value is -3.28. The molecule has 1 aliphatic rings. The minimum atomic E-state index is -0.0902. The normalized spacial score (nSPS) is 16.2. The number of rotatable bonds is 5. The van der Waals surface area contributed by atoms with E-state index in [0.717, 1.165) is 35.5 Å². The zero-order valence-electron chi connectivity index (χ0n) is 15.8. The van der Waals surface area contributed by atoms with Gasteiger partial charge < -0.3 is 9.64 Å². The maximum absolute atomic E-state index is 12.9. The number of carbonyl (C=O) groups excluding carboxylic acids is 1. The largest absolute Gasteiger partial charge is 0.496 e. The van der Waals surface area contributed by atoms with Gasteiger partial charge in [0.05, 0.1) is 25.0 Å². The summed E-state index contributed by atoms with van der Waals surface area (Å²) in [4.78, 5) is 27.8. The highest BCUT2D eigenvalue weighted by Gasteiger charge is 2.32. The third-order valence-electron chi connectivity index (χ3n) is 5.03. The van der Waals surface area contributed by atoms with Gasteiger partial charge in [-0.2, -0.15) is 0 Å². The first kappa shape index (κ1) is 18.1. The van der Waals surface area contributed by atoms with Gasteiger partial charge in [0.25, 0.3) is 5.91 Å². The lowest BCUT2D eigenvalue weighted by molar-refractivity contribution is 0.0726. The second kappa shape index (κ2) is 8.17. The molecular formula is C22H22N4O2. The number of amides is 1. The van der Waals surface area contributed by atoms with E-state index < -0.39 is 0 Å². The highest BCUT2D eigenvalue weighted by atomic mass is 16.5. The number of likely N-dealkylation sites (tertiary alicyclic amines) is 1. The Balaban J connectivity index is 1.57. The van der Waals surface area contributed by atoms with Gasteiger partial charge in [-0.3, -0.25) is 14.8 Å². The summed E-state index contributed by atoms with van der Waals surface area (Å²) in [5.41, 5.74) is 3.34. The molecule has 0 aliphatic carbocycles. The Morgan fingerprint density at radius 2 is 2.07 bits per heavy atom. The molecule has 0 spiro atoms. The van der Waals surface area contributed by atoms with Crippen molar-refractivity contribution in [2.24, 2.45) is 0 Å². The maximum Gasteiger partial charge on any atom is 0.274 e. The van der Waals surface area contributed by atoms with E-state index in [4.69, 9.17) is 9.72 Å². The molecule has 1 fully saturated rings. The standard InChI is InChI=1S/C22H22N4O2/c1-28-21-10-3-2-6-16(21)14-17-7-4-8-18(25-17)20-9-5-13-26(20)22(27)19-15-23-11-12-24-19/h2-4,6-8,10-12,15,20H,5,9,13-14H2,1H3. The first-order valence-electron chi connectivity index (χ1n) is 9.41. The number of hydrogen-bond acceptors (Lipinski definition) is 5. The monoisotopic (exact) mass is 374 g/mol. The average molecular weight is 374 g/mol. The van der Waals surface area contributed by atoms with Crippen molar-refractivity contribution >= 4 is 5.91 Å². The smallest absolute Gasteiger partial charge is 0.274 e. The fraction of sp³-hybridized carbons (Fsp3) is 0.273. The number of nitrogens with zero attached hydrogens (tertiary/aromatic N) is 4. The van der Waals surface area contributed by atoms with Crippen molar-refractivity contribution in [1.29, 1.82) is 0 Å². The summed E-state index contributed by atoms with van der Waals surface area (Å²) >= 11 is 0. The van der Waals surface area contributed by atoms with Gasteiger partial charge in [-0.1, -0.05) is 24.3 Å². The Morgan fingerprint density at radius 3 is 2.89 bits per heavy atom. The average Bonchev–Trinajstić information content (AvgIpc) is 3.24. The molecule has 0 radical (unpaired) electrons. The van der Waals surface area contributed by atoms with Crippen molar-refractivity contribution < 1.29 is 9.53 Å². The number of para-hydroxylation sites is 1. The number of benzene rings is 1. The molecule has 6 heteroatoms. The van der Waals surface area contributed by atoms with Crippen LogP contribution in [-0.2, 0) is 6.42 Å². The highest BCUT2D eigenvalue weighted by molar-refractivity contribution is 5.92. The summed E-state index contributed by atoms with van der Waals surface area (Å²) in [7, 11) is 1.68. The summed E-state index contributed by atoms with van der Waals surface area (Å²) in [5.74, 6) is 0.766. The van der Waals surface area contributed by atoms with E-state index in [1.807, 2.05) is 47.4 Å². The van der Waals surface area contributed by atoms with Crippen LogP contribution in [0.3, 0.4) is 0 Å². The third-order valence-corrected chi connectivity index (χ3v) is 5.03. The van der Waals surface area contributed by atoms with Crippen LogP contribution in [0.4, 0.5) is 0 Å². The van der Waals surface area contributed by atoms with Gasteiger partial charge in [0, 0.05) is 36.6 Å². The molecule has 2 aromatic heterocycles. The van der Waals surface area contributed by atoms with E-state index in [0.29, 0.717) is 18.7 Å². The third kappa shape index (κ3) is 3.71. The second-order valence-electron chi connectivity index (χ2n) is 6.79. The first-order valence-corrected chi connectivity index (χ1v) is 9.41. The SMILES string of the molecule is COc1ccccc1Cc1cccc(C2CCCN2C(=O)c2cnccn2)n1. The van der Waals surface area contributed by atoms with Crippen LogP contribution in [0.2, 0.25) is 0 Å². The minimum Gasteiger partial charge on any atom is -0.496 e. The van der Waals surface area contributed by atoms with E-state index in [2.05, 4.69) is 9.97 Å². The van der Waals surface area contributed by atoms with Gasteiger partial charge in [-0.15, -0.1) is 0 Å². The molecule has 6 nitrogen and oxygen atoms in total. The lowest BCUT2D eigenvalue weighted by atomic mass is 10.1. The Kier molecular flexibility index (Phi) is 5.28. The van der Waals surface area contributed by atoms with Crippen LogP contribution in [0.5, 0.6) is 5.75 Å². The molecule has 1 amide bonds. The Bertz CT molecular complexity index is 962. The number of ether oxygens (including phenoxy) is 1. The van der Waals surface area contributed by atoms with Crippen molar-refractivity contribution in [3.63, 3.8) is 0 Å². The van der Waals surface area contributed by atoms with Gasteiger partial charge in [0.15, 0.2) is 0 Å². The number of hydrogen-bond donors (Lipinski definition) is 0. The molecule has 4 rings (SSSR count). The lowest BCUT2D eigenvalue weighted by Crippen LogP contribution is -2.31. The van der Waals surface area contributed by atoms with Gasteiger partial charge in [-0.25, -0.2) is 4.98 Å². The summed E-state index contributed by atoms with van der Waals surface area (Å²) in [5, 5.41) is 0. The zero-order valence-corrected chi connectivity index (χ0v) is 15.8. The highest BCUT2D eigenvalue weighted by Crippen LogP contribution is 2.32. The molecule has 0 saturated carbocycles. The Morgan fingerprint density at radius 1 is 1.18 bits per heavy atom. The van der Waals surface area contributed by atoms with Crippen molar-refractivity contribution in [1.82, 2.24) is 19.9 Å². The topological polar surface area (TPSA) is 68.2 Å². The molecule has 142 valence electrons. The number of methoxy groups -OCH3 is 1. The van der Waals surface area contributed by atoms with E-state index in [1.165, 1.54) is 6.20 Å². The molecule has 3 heterocycles. The van der Waals surface area contributed by atoms with Gasteiger partial charge in [0.1, 0.15) is 11.4 Å². The fourth-order valence-corrected chi connectivity index (χ4v) is 3.70. The zero-order chi connectivity index (χ0) is 19.3. The molecule has 1 unspecified atom stereocenters. The van der Waals surface area contributed by atoms with Crippen LogP contribution in [0.15, 0.2) is 61.1 Å². The van der Waals surface area contributed by atoms with Gasteiger partial charge in [-0.05, 0) is 31.0 Å². The predicted molar refractivity (Wildman–Crippen MR) is 105 cm³/mol. The number of aromatic nitrogens is 3. The second-order valence-corrected chi connectivity index (χ2v) is 6.79. The molecule has 1 aliphatic heterocycles. The van der Waals surface area contributed by atoms with Crippen LogP contribution in [-0.4, -0.2) is 39.4 Å². The summed E-state index contributed by atoms with van der Waals surface area (Å²) in [6, 6.07) is 14.0. The molecule has 1 aromatic carbocycles. The quantitative estimate of drug-likeness (QED) is 0.684. The number of carbonyl (C=O) groups is 1. The van der Waals surface area contributed by atoms with Gasteiger partial charge >= 0.3 is 0 Å². The van der Waals surface area contributed by atoms with Crippen LogP contribution in [0, 0.1) is 0 Å². The summed E-state index contributed by atoms with van der Waals surface area (Å²) < 4.78 is 5.45.